The Labute approximate surface area is 116 Å². The van der Waals surface area contributed by atoms with Crippen LogP contribution in [0.3, 0.4) is 0 Å². The van der Waals surface area contributed by atoms with Crippen molar-refractivity contribution in [3.8, 4) is 0 Å². The molecule has 0 fully saturated rings. The van der Waals surface area contributed by atoms with Crippen molar-refractivity contribution in [2.45, 2.75) is 13.3 Å². The smallest absolute Gasteiger partial charge is 0.256 e. The molecule has 0 unspecified atom stereocenters. The summed E-state index contributed by atoms with van der Waals surface area (Å²) in [5.74, 6) is 0.129. The summed E-state index contributed by atoms with van der Waals surface area (Å²) in [6, 6.07) is 8.48. The highest BCUT2D eigenvalue weighted by Gasteiger charge is 2.09. The number of anilines is 2. The summed E-state index contributed by atoms with van der Waals surface area (Å²) in [6.45, 7) is 1.77. The van der Waals surface area contributed by atoms with Crippen molar-refractivity contribution < 1.29 is 9.59 Å². The van der Waals surface area contributed by atoms with Crippen LogP contribution in [0.15, 0.2) is 36.5 Å². The Bertz CT molecular complexity index is 634. The molecule has 0 radical (unpaired) electrons. The van der Waals surface area contributed by atoms with Gasteiger partial charge in [-0.25, -0.2) is 0 Å². The van der Waals surface area contributed by atoms with Crippen molar-refractivity contribution in [1.29, 1.82) is 0 Å². The number of amides is 2. The molecule has 0 spiro atoms. The molecule has 1 aromatic carbocycles. The maximum absolute atomic E-state index is 12.1. The number of nitrogens with zero attached hydrogens (tertiary/aromatic N) is 2. The number of rotatable bonds is 4. The average Bonchev–Trinajstić information content (AvgIpc) is 2.84. The van der Waals surface area contributed by atoms with E-state index in [4.69, 9.17) is 0 Å². The zero-order valence-corrected chi connectivity index (χ0v) is 11.4. The lowest BCUT2D eigenvalue weighted by atomic mass is 10.2. The maximum atomic E-state index is 12.1. The molecule has 0 bridgehead atoms. The van der Waals surface area contributed by atoms with E-state index in [1.165, 1.54) is 0 Å². The van der Waals surface area contributed by atoms with E-state index in [1.807, 2.05) is 0 Å². The largest absolute Gasteiger partial charge is 0.326 e. The van der Waals surface area contributed by atoms with Crippen LogP contribution in [-0.4, -0.2) is 21.6 Å². The van der Waals surface area contributed by atoms with Gasteiger partial charge in [0.2, 0.25) is 5.91 Å². The molecular weight excluding hydrogens is 256 g/mol. The predicted octanol–water partition coefficient (Wildman–Crippen LogP) is 2.02. The molecule has 6 heteroatoms. The molecule has 0 aliphatic heterocycles. The lowest BCUT2D eigenvalue weighted by Crippen LogP contribution is -2.14. The Morgan fingerprint density at radius 3 is 2.70 bits per heavy atom. The molecule has 2 aromatic rings. The van der Waals surface area contributed by atoms with E-state index in [0.29, 0.717) is 23.5 Å². The fourth-order valence-corrected chi connectivity index (χ4v) is 1.66. The first-order valence-electron chi connectivity index (χ1n) is 6.29. The van der Waals surface area contributed by atoms with Crippen LogP contribution in [0.5, 0.6) is 0 Å². The van der Waals surface area contributed by atoms with E-state index in [2.05, 4.69) is 15.7 Å². The number of carbonyl (C=O) groups is 2. The van der Waals surface area contributed by atoms with Gasteiger partial charge in [0.1, 0.15) is 0 Å². The minimum absolute atomic E-state index is 0.0905. The van der Waals surface area contributed by atoms with Crippen LogP contribution in [0.25, 0.3) is 0 Å². The standard InChI is InChI=1S/C14H16N4O2/c1-3-13(19)15-11-6-4-5-10(9-11)14(20)16-12-7-8-18(2)17-12/h4-9H,3H2,1-2H3,(H,15,19)(H,16,17,20). The van der Waals surface area contributed by atoms with Gasteiger partial charge >= 0.3 is 0 Å². The number of aryl methyl sites for hydroxylation is 1. The van der Waals surface area contributed by atoms with E-state index in [-0.39, 0.29) is 11.8 Å². The topological polar surface area (TPSA) is 76.0 Å². The van der Waals surface area contributed by atoms with Gasteiger partial charge in [0, 0.05) is 37.0 Å². The fraction of sp³-hybridized carbons (Fsp3) is 0.214. The third kappa shape index (κ3) is 3.44. The molecule has 0 atom stereocenters. The van der Waals surface area contributed by atoms with Gasteiger partial charge in [-0.05, 0) is 18.2 Å². The zero-order chi connectivity index (χ0) is 14.5. The number of aromatic nitrogens is 2. The molecule has 0 aliphatic rings. The molecule has 20 heavy (non-hydrogen) atoms. The molecule has 0 saturated carbocycles. The lowest BCUT2D eigenvalue weighted by molar-refractivity contribution is -0.115. The summed E-state index contributed by atoms with van der Waals surface area (Å²) in [5.41, 5.74) is 1.06. The third-order valence-corrected chi connectivity index (χ3v) is 2.68. The van der Waals surface area contributed by atoms with Crippen LogP contribution in [0.1, 0.15) is 23.7 Å². The van der Waals surface area contributed by atoms with Crippen LogP contribution in [0.4, 0.5) is 11.5 Å². The van der Waals surface area contributed by atoms with Gasteiger partial charge in [-0.2, -0.15) is 5.10 Å². The SMILES string of the molecule is CCC(=O)Nc1cccc(C(=O)Nc2ccn(C)n2)c1. The first kappa shape index (κ1) is 13.8. The van der Waals surface area contributed by atoms with E-state index in [1.54, 1.807) is 55.2 Å². The van der Waals surface area contributed by atoms with Crippen LogP contribution in [0, 0.1) is 0 Å². The van der Waals surface area contributed by atoms with E-state index >= 15 is 0 Å². The number of hydrogen-bond acceptors (Lipinski definition) is 3. The first-order valence-corrected chi connectivity index (χ1v) is 6.29. The summed E-state index contributed by atoms with van der Waals surface area (Å²) in [4.78, 5) is 23.4. The molecule has 2 amide bonds. The zero-order valence-electron chi connectivity index (χ0n) is 11.4. The molecule has 0 aliphatic carbocycles. The van der Waals surface area contributed by atoms with Gasteiger partial charge in [-0.15, -0.1) is 0 Å². The molecule has 6 nitrogen and oxygen atoms in total. The Kier molecular flexibility index (Phi) is 4.14. The molecular formula is C14H16N4O2. The second-order valence-electron chi connectivity index (χ2n) is 4.31. The van der Waals surface area contributed by atoms with Gasteiger partial charge in [0.25, 0.3) is 5.91 Å². The molecule has 0 saturated heterocycles. The number of nitrogens with one attached hydrogen (secondary N) is 2. The Morgan fingerprint density at radius 2 is 2.05 bits per heavy atom. The molecule has 2 rings (SSSR count). The summed E-state index contributed by atoms with van der Waals surface area (Å²) >= 11 is 0. The summed E-state index contributed by atoms with van der Waals surface area (Å²) in [6.07, 6.45) is 2.14. The van der Waals surface area contributed by atoms with Gasteiger partial charge in [-0.3, -0.25) is 14.3 Å². The summed E-state index contributed by atoms with van der Waals surface area (Å²) in [5, 5.41) is 9.48. The van der Waals surface area contributed by atoms with E-state index in [9.17, 15) is 9.59 Å². The van der Waals surface area contributed by atoms with Crippen LogP contribution in [0.2, 0.25) is 0 Å². The van der Waals surface area contributed by atoms with Crippen LogP contribution in [-0.2, 0) is 11.8 Å². The molecule has 2 N–H and O–H groups in total. The normalized spacial score (nSPS) is 10.1. The minimum atomic E-state index is -0.267. The summed E-state index contributed by atoms with van der Waals surface area (Å²) < 4.78 is 1.60. The Hall–Kier alpha value is -2.63. The Balaban J connectivity index is 2.10. The quantitative estimate of drug-likeness (QED) is 0.894. The second kappa shape index (κ2) is 6.01. The average molecular weight is 272 g/mol. The van der Waals surface area contributed by atoms with Crippen LogP contribution < -0.4 is 10.6 Å². The molecule has 104 valence electrons. The van der Waals surface area contributed by atoms with Gasteiger partial charge in [-0.1, -0.05) is 13.0 Å². The highest BCUT2D eigenvalue weighted by Crippen LogP contribution is 2.13. The monoisotopic (exact) mass is 272 g/mol. The van der Waals surface area contributed by atoms with Crippen molar-refractivity contribution in [2.75, 3.05) is 10.6 Å². The second-order valence-corrected chi connectivity index (χ2v) is 4.31. The molecule has 1 heterocycles. The van der Waals surface area contributed by atoms with E-state index < -0.39 is 0 Å². The van der Waals surface area contributed by atoms with Gasteiger partial charge < -0.3 is 10.6 Å². The molecule has 1 aromatic heterocycles. The summed E-state index contributed by atoms with van der Waals surface area (Å²) in [7, 11) is 1.77. The van der Waals surface area contributed by atoms with Crippen molar-refractivity contribution in [3.63, 3.8) is 0 Å². The highest BCUT2D eigenvalue weighted by molar-refractivity contribution is 6.04. The fourth-order valence-electron chi connectivity index (χ4n) is 1.66. The van der Waals surface area contributed by atoms with Crippen molar-refractivity contribution in [3.05, 3.63) is 42.1 Å². The van der Waals surface area contributed by atoms with Gasteiger partial charge in [0.05, 0.1) is 0 Å². The van der Waals surface area contributed by atoms with Crippen molar-refractivity contribution in [2.24, 2.45) is 7.05 Å². The van der Waals surface area contributed by atoms with Crippen LogP contribution >= 0.6 is 0 Å². The van der Waals surface area contributed by atoms with Crippen molar-refractivity contribution >= 4 is 23.3 Å². The Morgan fingerprint density at radius 1 is 1.25 bits per heavy atom. The van der Waals surface area contributed by atoms with Gasteiger partial charge in [0.15, 0.2) is 5.82 Å². The highest BCUT2D eigenvalue weighted by atomic mass is 16.2. The minimum Gasteiger partial charge on any atom is -0.326 e. The maximum Gasteiger partial charge on any atom is 0.256 e. The van der Waals surface area contributed by atoms with Crippen molar-refractivity contribution in [1.82, 2.24) is 9.78 Å². The number of carbonyl (C=O) groups excluding carboxylic acids is 2. The number of benzene rings is 1. The first-order chi connectivity index (χ1) is 9.58. The lowest BCUT2D eigenvalue weighted by Gasteiger charge is -2.06. The van der Waals surface area contributed by atoms with E-state index in [0.717, 1.165) is 0 Å². The predicted molar refractivity (Wildman–Crippen MR) is 76.5 cm³/mol. The third-order valence-electron chi connectivity index (χ3n) is 2.68. The number of hydrogen-bond donors (Lipinski definition) is 2.